The number of amides is 2. The van der Waals surface area contributed by atoms with Gasteiger partial charge in [0, 0.05) is 48.6 Å². The summed E-state index contributed by atoms with van der Waals surface area (Å²) in [5.74, 6) is -0.276. The summed E-state index contributed by atoms with van der Waals surface area (Å²) in [5.41, 5.74) is 3.81. The van der Waals surface area contributed by atoms with E-state index in [2.05, 4.69) is 15.4 Å². The molecule has 3 aromatic carbocycles. The van der Waals surface area contributed by atoms with Gasteiger partial charge in [0.05, 0.1) is 31.3 Å². The molecule has 262 valence electrons. The van der Waals surface area contributed by atoms with E-state index in [9.17, 15) is 27.5 Å². The first-order valence-corrected chi connectivity index (χ1v) is 18.7. The van der Waals surface area contributed by atoms with E-state index in [1.165, 1.54) is 38.2 Å². The molecule has 0 radical (unpaired) electrons. The molecule has 2 saturated carbocycles. The fourth-order valence-electron chi connectivity index (χ4n) is 8.68. The highest BCUT2D eigenvalue weighted by Gasteiger charge is 2.65. The zero-order valence-electron chi connectivity index (χ0n) is 28.4. The molecule has 50 heavy (non-hydrogen) atoms. The zero-order valence-corrected chi connectivity index (χ0v) is 29.2. The molecule has 0 spiro atoms. The molecule has 8 rings (SSSR count). The summed E-state index contributed by atoms with van der Waals surface area (Å²) >= 11 is 0. The van der Waals surface area contributed by atoms with Crippen molar-refractivity contribution in [3.63, 3.8) is 0 Å². The van der Waals surface area contributed by atoms with Crippen LogP contribution in [-0.2, 0) is 27.1 Å². The lowest BCUT2D eigenvalue weighted by Crippen LogP contribution is -2.63. The zero-order chi connectivity index (χ0) is 35.2. The van der Waals surface area contributed by atoms with E-state index < -0.39 is 27.1 Å². The van der Waals surface area contributed by atoms with Gasteiger partial charge in [-0.25, -0.2) is 9.11 Å². The van der Waals surface area contributed by atoms with Gasteiger partial charge < -0.3 is 19.3 Å². The largest absolute Gasteiger partial charge is 0.497 e. The Balaban J connectivity index is 1.26. The molecule has 1 saturated heterocycles. The molecular weight excluding hydrogens is 660 g/mol. The molecule has 2 unspecified atom stereocenters. The topological polar surface area (TPSA) is 121 Å². The number of aromatic nitrogens is 1. The normalized spacial score (nSPS) is 22.6. The quantitative estimate of drug-likeness (QED) is 0.272. The second kappa shape index (κ2) is 11.6. The Bertz CT molecular complexity index is 2150. The van der Waals surface area contributed by atoms with Gasteiger partial charge in [-0.2, -0.15) is 12.7 Å². The Morgan fingerprint density at radius 2 is 1.70 bits per heavy atom. The van der Waals surface area contributed by atoms with E-state index in [0.717, 1.165) is 57.7 Å². The highest BCUT2D eigenvalue weighted by Crippen LogP contribution is 2.66. The van der Waals surface area contributed by atoms with E-state index in [0.29, 0.717) is 24.3 Å². The second-order valence-corrected chi connectivity index (χ2v) is 16.6. The number of nitrogens with zero attached hydrogens (tertiary/aromatic N) is 3. The van der Waals surface area contributed by atoms with Crippen LogP contribution in [-0.4, -0.2) is 73.4 Å². The summed E-state index contributed by atoms with van der Waals surface area (Å²) < 4.78 is 49.8. The maximum atomic E-state index is 14.7. The van der Waals surface area contributed by atoms with Gasteiger partial charge in [-0.1, -0.05) is 37.5 Å². The monoisotopic (exact) mass is 700 g/mol. The third-order valence-corrected chi connectivity index (χ3v) is 12.9. The van der Waals surface area contributed by atoms with Crippen LogP contribution in [0.15, 0.2) is 60.7 Å². The van der Waals surface area contributed by atoms with Crippen LogP contribution < -0.4 is 9.46 Å². The molecule has 10 nitrogen and oxygen atoms in total. The van der Waals surface area contributed by atoms with E-state index in [1.807, 2.05) is 18.2 Å². The fourth-order valence-corrected chi connectivity index (χ4v) is 9.21. The number of benzene rings is 3. The summed E-state index contributed by atoms with van der Waals surface area (Å²) in [7, 11) is 0.331. The molecule has 4 aliphatic rings. The molecular formula is C38H41FN4O6S. The van der Waals surface area contributed by atoms with E-state index in [4.69, 9.17) is 4.74 Å². The number of rotatable bonds is 7. The fraction of sp³-hybridized carbons (Fsp3) is 0.421. The molecule has 3 fully saturated rings. The van der Waals surface area contributed by atoms with E-state index in [1.54, 1.807) is 36.3 Å². The van der Waals surface area contributed by atoms with Gasteiger partial charge in [0.1, 0.15) is 17.2 Å². The van der Waals surface area contributed by atoms with Crippen molar-refractivity contribution >= 4 is 32.9 Å². The number of hydrogen-bond acceptors (Lipinski definition) is 6. The summed E-state index contributed by atoms with van der Waals surface area (Å²) in [4.78, 5) is 29.7. The maximum absolute atomic E-state index is 14.7. The second-order valence-electron chi connectivity index (χ2n) is 14.7. The van der Waals surface area contributed by atoms with Crippen LogP contribution in [0.4, 0.5) is 4.39 Å². The number of likely N-dealkylation sites (tertiary alicyclic amines) is 1. The Labute approximate surface area is 291 Å². The van der Waals surface area contributed by atoms with Crippen LogP contribution in [0.5, 0.6) is 5.75 Å². The van der Waals surface area contributed by atoms with Gasteiger partial charge in [-0.05, 0) is 84.3 Å². The lowest BCUT2D eigenvalue weighted by Gasteiger charge is -2.48. The molecule has 2 aliphatic carbocycles. The minimum atomic E-state index is -4.02. The van der Waals surface area contributed by atoms with Crippen molar-refractivity contribution in [1.82, 2.24) is 18.5 Å². The van der Waals surface area contributed by atoms with Crippen molar-refractivity contribution in [2.24, 2.45) is 5.41 Å². The predicted octanol–water partition coefficient (Wildman–Crippen LogP) is 5.26. The van der Waals surface area contributed by atoms with E-state index in [-0.39, 0.29) is 42.2 Å². The summed E-state index contributed by atoms with van der Waals surface area (Å²) in [5, 5.41) is 12.4. The van der Waals surface area contributed by atoms with Gasteiger partial charge in [-0.15, -0.1) is 0 Å². The van der Waals surface area contributed by atoms with Crippen LogP contribution >= 0.6 is 0 Å². The average Bonchev–Trinajstić information content (AvgIpc) is 3.76. The average molecular weight is 701 g/mol. The van der Waals surface area contributed by atoms with Crippen molar-refractivity contribution in [3.8, 4) is 17.0 Å². The Morgan fingerprint density at radius 1 is 0.980 bits per heavy atom. The minimum absolute atomic E-state index is 0.0528. The highest BCUT2D eigenvalue weighted by molar-refractivity contribution is 7.87. The summed E-state index contributed by atoms with van der Waals surface area (Å²) in [6.45, 7) is 0.570. The molecule has 4 aromatic rings. The van der Waals surface area contributed by atoms with E-state index >= 15 is 0 Å². The predicted molar refractivity (Wildman–Crippen MR) is 186 cm³/mol. The number of ether oxygens (including phenoxy) is 1. The molecule has 1 aromatic heterocycles. The van der Waals surface area contributed by atoms with Crippen molar-refractivity contribution in [3.05, 3.63) is 88.7 Å². The van der Waals surface area contributed by atoms with Gasteiger partial charge in [0.25, 0.3) is 5.91 Å². The van der Waals surface area contributed by atoms with Crippen molar-refractivity contribution in [1.29, 1.82) is 0 Å². The molecule has 3 heterocycles. The third kappa shape index (κ3) is 5.13. The molecule has 2 N–H and O–H groups in total. The first kappa shape index (κ1) is 32.9. The van der Waals surface area contributed by atoms with Gasteiger partial charge >= 0.3 is 10.2 Å². The summed E-state index contributed by atoms with van der Waals surface area (Å²) in [6.07, 6.45) is 6.09. The number of carbonyl (C=O) groups excluding carboxylic acids is 2. The van der Waals surface area contributed by atoms with Gasteiger partial charge in [0.2, 0.25) is 5.91 Å². The number of hydrogen-bond donors (Lipinski definition) is 2. The lowest BCUT2D eigenvalue weighted by atomic mass is 9.81. The number of nitrogens with one attached hydrogen (secondary N) is 1. The highest BCUT2D eigenvalue weighted by atomic mass is 32.2. The van der Waals surface area contributed by atoms with Crippen LogP contribution in [0.2, 0.25) is 0 Å². The first-order chi connectivity index (χ1) is 23.8. The number of fused-ring (bicyclic) bond motifs is 7. The van der Waals surface area contributed by atoms with Crippen molar-refractivity contribution in [2.45, 2.75) is 62.5 Å². The number of carbonyl (C=O) groups is 2. The number of β-amino-alcohol motifs (C(OH)–C–C–N with tert-alkyl or cyclic N) is 1. The van der Waals surface area contributed by atoms with Gasteiger partial charge in [-0.3, -0.25) is 9.59 Å². The summed E-state index contributed by atoms with van der Waals surface area (Å²) in [6, 6.07) is 17.2. The number of halogens is 1. The molecule has 2 amide bonds. The number of methoxy groups -OCH3 is 1. The lowest BCUT2D eigenvalue weighted by molar-refractivity contribution is -0.163. The molecule has 2 atom stereocenters. The van der Waals surface area contributed by atoms with Crippen LogP contribution in [0.3, 0.4) is 0 Å². The van der Waals surface area contributed by atoms with Crippen LogP contribution in [0, 0.1) is 11.2 Å². The molecule has 2 aliphatic heterocycles. The van der Waals surface area contributed by atoms with Crippen LogP contribution in [0.25, 0.3) is 22.2 Å². The maximum Gasteiger partial charge on any atom is 0.303 e. The SMILES string of the molecule is COc1ccc2c(c1)C1CC1(C(=O)N1CC(O)(c3ccc(F)cc3)C1)Cn1c-2c(C2CCCCC2)c2ccc(C(=O)NS(=O)(=O)N(C)C)cc21. The Hall–Kier alpha value is -4.26. The van der Waals surface area contributed by atoms with Crippen molar-refractivity contribution in [2.75, 3.05) is 34.3 Å². The smallest absolute Gasteiger partial charge is 0.303 e. The first-order valence-electron chi connectivity index (χ1n) is 17.2. The van der Waals surface area contributed by atoms with Gasteiger partial charge in [0.15, 0.2) is 0 Å². The van der Waals surface area contributed by atoms with Crippen molar-refractivity contribution < 1.29 is 32.2 Å². The Morgan fingerprint density at radius 3 is 2.38 bits per heavy atom. The Kier molecular flexibility index (Phi) is 7.67. The van der Waals surface area contributed by atoms with Crippen LogP contribution in [0.1, 0.15) is 77.4 Å². The minimum Gasteiger partial charge on any atom is -0.497 e. The molecule has 0 bridgehead atoms. The third-order valence-electron chi connectivity index (χ3n) is 11.5. The molecule has 12 heteroatoms. The number of aliphatic hydroxyl groups is 1. The standard InChI is InChI=1S/C38H41FN4O6S/c1-41(2)50(47,48)40-35(44)24-9-15-29-32(17-24)43-20-37(36(45)42-21-38(46,22-42)25-10-12-26(39)13-11-25)19-31(37)30-18-27(49-3)14-16-28(30)34(43)33(29)23-7-5-4-6-8-23/h9-18,23,31,46H,4-8,19-22H2,1-3H3,(H,40,44).